The second-order valence-corrected chi connectivity index (χ2v) is 8.46. The maximum atomic E-state index is 12.1. The summed E-state index contributed by atoms with van der Waals surface area (Å²) in [6.45, 7) is 1.67. The SMILES string of the molecule is Cc1cccc(NC(=O)COc2c(Cl)cc(/C=N/NC(=O)c3ccc(Br)cc3)cc2Cl)c1. The van der Waals surface area contributed by atoms with Crippen molar-refractivity contribution in [1.82, 2.24) is 5.43 Å². The summed E-state index contributed by atoms with van der Waals surface area (Å²) >= 11 is 15.8. The first-order valence-corrected chi connectivity index (χ1v) is 10.9. The highest BCUT2D eigenvalue weighted by Crippen LogP contribution is 2.33. The zero-order valence-electron chi connectivity index (χ0n) is 16.9. The number of nitrogens with one attached hydrogen (secondary N) is 2. The van der Waals surface area contributed by atoms with Gasteiger partial charge in [0.05, 0.1) is 16.3 Å². The molecule has 0 saturated carbocycles. The van der Waals surface area contributed by atoms with Crippen LogP contribution >= 0.6 is 39.1 Å². The van der Waals surface area contributed by atoms with Gasteiger partial charge < -0.3 is 10.1 Å². The number of ether oxygens (including phenoxy) is 1. The number of hydrogen-bond acceptors (Lipinski definition) is 4. The Labute approximate surface area is 203 Å². The highest BCUT2D eigenvalue weighted by molar-refractivity contribution is 9.10. The van der Waals surface area contributed by atoms with Crippen molar-refractivity contribution in [3.63, 3.8) is 0 Å². The summed E-state index contributed by atoms with van der Waals surface area (Å²) in [4.78, 5) is 24.2. The summed E-state index contributed by atoms with van der Waals surface area (Å²) in [5.41, 5.74) is 5.15. The van der Waals surface area contributed by atoms with Crippen molar-refractivity contribution >= 4 is 62.8 Å². The number of halogens is 3. The maximum Gasteiger partial charge on any atom is 0.271 e. The Hall–Kier alpha value is -2.87. The molecule has 0 spiro atoms. The molecule has 9 heteroatoms. The molecule has 0 unspecified atom stereocenters. The number of aryl methyl sites for hydroxylation is 1. The van der Waals surface area contributed by atoms with Crippen molar-refractivity contribution < 1.29 is 14.3 Å². The van der Waals surface area contributed by atoms with Gasteiger partial charge in [-0.2, -0.15) is 5.10 Å². The number of hydrogen-bond donors (Lipinski definition) is 2. The monoisotopic (exact) mass is 533 g/mol. The largest absolute Gasteiger partial charge is 0.481 e. The molecule has 0 aliphatic rings. The number of carbonyl (C=O) groups is 2. The Bertz CT molecular complexity index is 1140. The quantitative estimate of drug-likeness (QED) is 0.295. The third-order valence-corrected chi connectivity index (χ3v) is 5.25. The molecule has 0 saturated heterocycles. The predicted molar refractivity (Wildman–Crippen MR) is 131 cm³/mol. The van der Waals surface area contributed by atoms with Gasteiger partial charge in [-0.1, -0.05) is 51.3 Å². The maximum absolute atomic E-state index is 12.1. The first-order chi connectivity index (χ1) is 15.3. The number of benzene rings is 3. The van der Waals surface area contributed by atoms with Crippen molar-refractivity contribution in [1.29, 1.82) is 0 Å². The molecule has 0 atom stereocenters. The van der Waals surface area contributed by atoms with Crippen LogP contribution in [-0.2, 0) is 4.79 Å². The molecular weight excluding hydrogens is 517 g/mol. The molecule has 2 amide bonds. The Balaban J connectivity index is 1.58. The van der Waals surface area contributed by atoms with Crippen LogP contribution in [0.15, 0.2) is 70.2 Å². The molecule has 0 bridgehead atoms. The second kappa shape index (κ2) is 11.1. The predicted octanol–water partition coefficient (Wildman–Crippen LogP) is 5.85. The van der Waals surface area contributed by atoms with Gasteiger partial charge in [-0.05, 0) is 66.6 Å². The average Bonchev–Trinajstić information content (AvgIpc) is 2.73. The van der Waals surface area contributed by atoms with Crippen molar-refractivity contribution in [3.8, 4) is 5.75 Å². The van der Waals surface area contributed by atoms with E-state index in [1.165, 1.54) is 6.21 Å². The Morgan fingerprint density at radius 2 is 1.75 bits per heavy atom. The molecule has 0 aliphatic heterocycles. The molecule has 0 aromatic heterocycles. The lowest BCUT2D eigenvalue weighted by Crippen LogP contribution is -2.20. The van der Waals surface area contributed by atoms with Crippen LogP contribution in [0.2, 0.25) is 10.0 Å². The molecule has 32 heavy (non-hydrogen) atoms. The van der Waals surface area contributed by atoms with E-state index in [0.717, 1.165) is 10.0 Å². The van der Waals surface area contributed by atoms with E-state index in [4.69, 9.17) is 27.9 Å². The molecule has 3 aromatic rings. The first-order valence-electron chi connectivity index (χ1n) is 9.39. The van der Waals surface area contributed by atoms with Crippen molar-refractivity contribution in [2.24, 2.45) is 5.10 Å². The summed E-state index contributed by atoms with van der Waals surface area (Å²) in [5.74, 6) is -0.515. The number of amides is 2. The van der Waals surface area contributed by atoms with E-state index >= 15 is 0 Å². The molecular formula is C23H18BrCl2N3O3. The summed E-state index contributed by atoms with van der Waals surface area (Å²) in [6.07, 6.45) is 1.41. The standard InChI is InChI=1S/C23H18BrCl2N3O3/c1-14-3-2-4-18(9-14)28-21(30)13-32-22-19(25)10-15(11-20(22)26)12-27-29-23(31)16-5-7-17(24)8-6-16/h2-12H,13H2,1H3,(H,28,30)(H,29,31)/b27-12+. The van der Waals surface area contributed by atoms with E-state index in [0.29, 0.717) is 16.8 Å². The van der Waals surface area contributed by atoms with Gasteiger partial charge in [-0.15, -0.1) is 0 Å². The zero-order chi connectivity index (χ0) is 23.1. The highest BCUT2D eigenvalue weighted by atomic mass is 79.9. The lowest BCUT2D eigenvalue weighted by atomic mass is 10.2. The molecule has 0 fully saturated rings. The van der Waals surface area contributed by atoms with Crippen LogP contribution < -0.4 is 15.5 Å². The second-order valence-electron chi connectivity index (χ2n) is 6.73. The minimum absolute atomic E-state index is 0.184. The van der Waals surface area contributed by atoms with Crippen LogP contribution in [0.4, 0.5) is 5.69 Å². The van der Waals surface area contributed by atoms with Gasteiger partial charge in [0.25, 0.3) is 11.8 Å². The van der Waals surface area contributed by atoms with E-state index in [1.807, 2.05) is 25.1 Å². The van der Waals surface area contributed by atoms with Gasteiger partial charge in [-0.3, -0.25) is 9.59 Å². The van der Waals surface area contributed by atoms with Gasteiger partial charge in [0.1, 0.15) is 0 Å². The van der Waals surface area contributed by atoms with Gasteiger partial charge in [0.15, 0.2) is 12.4 Å². The van der Waals surface area contributed by atoms with Crippen molar-refractivity contribution in [2.75, 3.05) is 11.9 Å². The fraction of sp³-hybridized carbons (Fsp3) is 0.0870. The minimum atomic E-state index is -0.356. The summed E-state index contributed by atoms with van der Waals surface area (Å²) in [7, 11) is 0. The van der Waals surface area contributed by atoms with Gasteiger partial charge in [0, 0.05) is 15.7 Å². The lowest BCUT2D eigenvalue weighted by Gasteiger charge is -2.11. The number of anilines is 1. The molecule has 164 valence electrons. The Morgan fingerprint density at radius 3 is 2.41 bits per heavy atom. The number of carbonyl (C=O) groups excluding carboxylic acids is 2. The normalized spacial score (nSPS) is 10.8. The third kappa shape index (κ3) is 6.82. The van der Waals surface area contributed by atoms with Crippen LogP contribution in [-0.4, -0.2) is 24.6 Å². The minimum Gasteiger partial charge on any atom is -0.481 e. The molecule has 0 radical (unpaired) electrons. The van der Waals surface area contributed by atoms with E-state index in [1.54, 1.807) is 42.5 Å². The molecule has 2 N–H and O–H groups in total. The topological polar surface area (TPSA) is 79.8 Å². The Morgan fingerprint density at radius 1 is 1.06 bits per heavy atom. The van der Waals surface area contributed by atoms with Crippen LogP contribution in [0.25, 0.3) is 0 Å². The molecule has 6 nitrogen and oxygen atoms in total. The number of nitrogens with zero attached hydrogens (tertiary/aromatic N) is 1. The fourth-order valence-corrected chi connectivity index (χ4v) is 3.56. The summed E-state index contributed by atoms with van der Waals surface area (Å²) in [5, 5.41) is 7.09. The molecule has 0 aliphatic carbocycles. The van der Waals surface area contributed by atoms with Crippen LogP contribution in [0.1, 0.15) is 21.5 Å². The van der Waals surface area contributed by atoms with E-state index in [9.17, 15) is 9.59 Å². The van der Waals surface area contributed by atoms with Gasteiger partial charge >= 0.3 is 0 Å². The van der Waals surface area contributed by atoms with Crippen LogP contribution in [0.5, 0.6) is 5.75 Å². The summed E-state index contributed by atoms with van der Waals surface area (Å²) < 4.78 is 6.37. The van der Waals surface area contributed by atoms with Crippen LogP contribution in [0, 0.1) is 6.92 Å². The zero-order valence-corrected chi connectivity index (χ0v) is 20.0. The van der Waals surface area contributed by atoms with Crippen LogP contribution in [0.3, 0.4) is 0 Å². The molecule has 3 aromatic carbocycles. The average molecular weight is 535 g/mol. The van der Waals surface area contributed by atoms with E-state index in [2.05, 4.69) is 31.8 Å². The summed E-state index contributed by atoms with van der Waals surface area (Å²) in [6, 6.07) is 17.4. The van der Waals surface area contributed by atoms with E-state index in [-0.39, 0.29) is 34.2 Å². The van der Waals surface area contributed by atoms with Crippen molar-refractivity contribution in [2.45, 2.75) is 6.92 Å². The smallest absolute Gasteiger partial charge is 0.271 e. The lowest BCUT2D eigenvalue weighted by molar-refractivity contribution is -0.118. The molecule has 0 heterocycles. The molecule has 3 rings (SSSR count). The van der Waals surface area contributed by atoms with Crippen molar-refractivity contribution in [3.05, 3.63) is 91.9 Å². The Kier molecular flexibility index (Phi) is 8.27. The van der Waals surface area contributed by atoms with Gasteiger partial charge in [0.2, 0.25) is 0 Å². The first kappa shape index (κ1) is 23.8. The number of rotatable bonds is 7. The number of hydrazone groups is 1. The highest BCUT2D eigenvalue weighted by Gasteiger charge is 2.12. The van der Waals surface area contributed by atoms with E-state index < -0.39 is 0 Å². The third-order valence-electron chi connectivity index (χ3n) is 4.16. The van der Waals surface area contributed by atoms with Gasteiger partial charge in [-0.25, -0.2) is 5.43 Å². The fourth-order valence-electron chi connectivity index (χ4n) is 2.68.